The van der Waals surface area contributed by atoms with Crippen LogP contribution in [-0.4, -0.2) is 22.3 Å². The van der Waals surface area contributed by atoms with Crippen molar-refractivity contribution in [2.75, 3.05) is 0 Å². The van der Waals surface area contributed by atoms with Crippen LogP contribution < -0.4 is 0 Å². The van der Waals surface area contributed by atoms with Crippen molar-refractivity contribution in [3.8, 4) is 0 Å². The fourth-order valence-electron chi connectivity index (χ4n) is 3.69. The molecule has 139 valence electrons. The third-order valence-corrected chi connectivity index (χ3v) is 6.65. The van der Waals surface area contributed by atoms with Gasteiger partial charge in [0.2, 0.25) is 0 Å². The second-order valence-electron chi connectivity index (χ2n) is 6.61. The summed E-state index contributed by atoms with van der Waals surface area (Å²) < 4.78 is 27.1. The summed E-state index contributed by atoms with van der Waals surface area (Å²) in [5, 5.41) is 12.1. The van der Waals surface area contributed by atoms with Crippen molar-refractivity contribution >= 4 is 26.7 Å². The summed E-state index contributed by atoms with van der Waals surface area (Å²) in [6, 6.07) is 9.70. The van der Waals surface area contributed by atoms with Crippen molar-refractivity contribution in [2.24, 2.45) is 0 Å². The predicted molar refractivity (Wildman–Crippen MR) is 101 cm³/mol. The van der Waals surface area contributed by atoms with Crippen LogP contribution in [0.1, 0.15) is 37.7 Å². The molecule has 3 aromatic rings. The summed E-state index contributed by atoms with van der Waals surface area (Å²) in [6.07, 6.45) is 7.26. The van der Waals surface area contributed by atoms with E-state index in [-0.39, 0.29) is 16.2 Å². The van der Waals surface area contributed by atoms with Gasteiger partial charge in [-0.3, -0.25) is 10.1 Å². The van der Waals surface area contributed by atoms with Gasteiger partial charge in [-0.1, -0.05) is 37.5 Å². The Balaban J connectivity index is 1.93. The molecular weight excluding hydrogens is 366 g/mol. The standard InChI is InChI=1S/C19H18N3O4S/c23-22(24)17-13-20-19-16(18(17)14-7-3-1-4-8-14)11-12-21(19)27(25,26)15-9-5-2-6-10-15/h2,5-6,9-13H,1,3-4,7-8H2. The van der Waals surface area contributed by atoms with Crippen molar-refractivity contribution < 1.29 is 13.3 Å². The highest BCUT2D eigenvalue weighted by Crippen LogP contribution is 2.40. The molecule has 1 aliphatic rings. The Kier molecular flexibility index (Phi) is 4.43. The van der Waals surface area contributed by atoms with Gasteiger partial charge in [-0.15, -0.1) is 0 Å². The molecule has 0 N–H and O–H groups in total. The largest absolute Gasteiger partial charge is 0.292 e. The van der Waals surface area contributed by atoms with Gasteiger partial charge in [-0.25, -0.2) is 17.4 Å². The van der Waals surface area contributed by atoms with Crippen molar-refractivity contribution in [1.82, 2.24) is 8.96 Å². The highest BCUT2D eigenvalue weighted by Gasteiger charge is 2.30. The average molecular weight is 384 g/mol. The smallest absolute Gasteiger partial charge is 0.258 e. The molecule has 1 radical (unpaired) electrons. The van der Waals surface area contributed by atoms with E-state index in [2.05, 4.69) is 4.98 Å². The maximum atomic E-state index is 13.0. The molecule has 1 aromatic carbocycles. The van der Waals surface area contributed by atoms with Crippen LogP contribution in [0.3, 0.4) is 0 Å². The van der Waals surface area contributed by atoms with Crippen LogP contribution in [0.5, 0.6) is 0 Å². The van der Waals surface area contributed by atoms with E-state index < -0.39 is 14.9 Å². The normalized spacial score (nSPS) is 15.9. The third-order valence-electron chi connectivity index (χ3n) is 4.97. The third kappa shape index (κ3) is 2.99. The molecule has 0 amide bonds. The van der Waals surface area contributed by atoms with Gasteiger partial charge in [-0.2, -0.15) is 0 Å². The molecule has 0 saturated heterocycles. The molecule has 0 spiro atoms. The van der Waals surface area contributed by atoms with Crippen molar-refractivity contribution in [3.63, 3.8) is 0 Å². The lowest BCUT2D eigenvalue weighted by molar-refractivity contribution is -0.385. The fraction of sp³-hybridized carbons (Fsp3) is 0.263. The number of fused-ring (bicyclic) bond motifs is 1. The Hall–Kier alpha value is -2.74. The minimum atomic E-state index is -3.83. The minimum Gasteiger partial charge on any atom is -0.258 e. The fourth-order valence-corrected chi connectivity index (χ4v) is 5.01. The zero-order valence-corrected chi connectivity index (χ0v) is 15.4. The molecule has 7 nitrogen and oxygen atoms in total. The maximum absolute atomic E-state index is 13.0. The molecule has 1 aliphatic carbocycles. The summed E-state index contributed by atoms with van der Waals surface area (Å²) in [7, 11) is -3.83. The molecule has 0 bridgehead atoms. The summed E-state index contributed by atoms with van der Waals surface area (Å²) in [4.78, 5) is 15.4. The van der Waals surface area contributed by atoms with Crippen LogP contribution in [0, 0.1) is 16.0 Å². The SMILES string of the molecule is O=[N+]([O-])c1cnc2c(ccn2S(=O)(=O)c2ccccc2)c1[C]1CCCCC1. The highest BCUT2D eigenvalue weighted by atomic mass is 32.2. The van der Waals surface area contributed by atoms with Crippen molar-refractivity contribution in [3.05, 3.63) is 70.4 Å². The molecule has 2 aromatic heterocycles. The van der Waals surface area contributed by atoms with E-state index in [1.165, 1.54) is 24.5 Å². The molecule has 1 fully saturated rings. The van der Waals surface area contributed by atoms with Gasteiger partial charge in [0.15, 0.2) is 5.65 Å². The molecule has 0 aliphatic heterocycles. The Labute approximate surface area is 156 Å². The first-order valence-corrected chi connectivity index (χ1v) is 10.2. The van der Waals surface area contributed by atoms with E-state index >= 15 is 0 Å². The second kappa shape index (κ2) is 6.77. The van der Waals surface area contributed by atoms with Gasteiger partial charge in [0.05, 0.1) is 9.82 Å². The molecule has 0 unspecified atom stereocenters. The van der Waals surface area contributed by atoms with E-state index in [0.717, 1.165) is 42.0 Å². The summed E-state index contributed by atoms with van der Waals surface area (Å²) >= 11 is 0. The quantitative estimate of drug-likeness (QED) is 0.499. The topological polar surface area (TPSA) is 95.1 Å². The Morgan fingerprint density at radius 3 is 2.41 bits per heavy atom. The molecule has 0 atom stereocenters. The number of pyridine rings is 1. The van der Waals surface area contributed by atoms with E-state index in [1.807, 2.05) is 0 Å². The van der Waals surface area contributed by atoms with Crippen LogP contribution in [0.25, 0.3) is 11.0 Å². The van der Waals surface area contributed by atoms with Crippen LogP contribution in [0.4, 0.5) is 5.69 Å². The maximum Gasteiger partial charge on any atom is 0.292 e. The number of rotatable bonds is 4. The monoisotopic (exact) mass is 384 g/mol. The van der Waals surface area contributed by atoms with E-state index in [1.54, 1.807) is 24.3 Å². The van der Waals surface area contributed by atoms with Gasteiger partial charge in [0.25, 0.3) is 15.7 Å². The van der Waals surface area contributed by atoms with E-state index in [9.17, 15) is 18.5 Å². The first kappa shape index (κ1) is 17.7. The Morgan fingerprint density at radius 2 is 1.74 bits per heavy atom. The average Bonchev–Trinajstić information content (AvgIpc) is 3.13. The summed E-state index contributed by atoms with van der Waals surface area (Å²) in [5.74, 6) is 1.01. The highest BCUT2D eigenvalue weighted by molar-refractivity contribution is 7.90. The molecule has 4 rings (SSSR count). The number of nitrogens with zero attached hydrogens (tertiary/aromatic N) is 3. The number of hydrogen-bond acceptors (Lipinski definition) is 5. The lowest BCUT2D eigenvalue weighted by Crippen LogP contribution is -2.13. The van der Waals surface area contributed by atoms with Crippen LogP contribution >= 0.6 is 0 Å². The van der Waals surface area contributed by atoms with Gasteiger partial charge >= 0.3 is 0 Å². The van der Waals surface area contributed by atoms with Gasteiger partial charge in [0, 0.05) is 23.1 Å². The predicted octanol–water partition coefficient (Wildman–Crippen LogP) is 4.07. The number of nitro groups is 1. The van der Waals surface area contributed by atoms with Gasteiger partial charge in [-0.05, 0) is 31.0 Å². The minimum absolute atomic E-state index is 0.0609. The zero-order chi connectivity index (χ0) is 19.0. The lowest BCUT2D eigenvalue weighted by Gasteiger charge is -2.21. The van der Waals surface area contributed by atoms with E-state index in [4.69, 9.17) is 0 Å². The molecule has 27 heavy (non-hydrogen) atoms. The lowest BCUT2D eigenvalue weighted by atomic mass is 9.82. The first-order valence-electron chi connectivity index (χ1n) is 8.80. The second-order valence-corrected chi connectivity index (χ2v) is 8.42. The van der Waals surface area contributed by atoms with Gasteiger partial charge in [0.1, 0.15) is 6.20 Å². The summed E-state index contributed by atoms with van der Waals surface area (Å²) in [6.45, 7) is 0. The van der Waals surface area contributed by atoms with Crippen LogP contribution in [-0.2, 0) is 10.0 Å². The molecule has 8 heteroatoms. The number of benzene rings is 1. The number of aromatic nitrogens is 2. The molecular formula is C19H18N3O4S. The molecule has 2 heterocycles. The van der Waals surface area contributed by atoms with Crippen molar-refractivity contribution in [1.29, 1.82) is 0 Å². The van der Waals surface area contributed by atoms with Crippen LogP contribution in [0.15, 0.2) is 53.7 Å². The summed E-state index contributed by atoms with van der Waals surface area (Å²) in [5.41, 5.74) is 0.693. The van der Waals surface area contributed by atoms with E-state index in [0.29, 0.717) is 10.9 Å². The van der Waals surface area contributed by atoms with Crippen molar-refractivity contribution in [2.45, 2.75) is 37.0 Å². The zero-order valence-electron chi connectivity index (χ0n) is 14.5. The Morgan fingerprint density at radius 1 is 1.04 bits per heavy atom. The number of hydrogen-bond donors (Lipinski definition) is 0. The van der Waals surface area contributed by atoms with Gasteiger partial charge < -0.3 is 0 Å². The first-order chi connectivity index (χ1) is 13.0. The molecule has 1 saturated carbocycles. The Bertz CT molecular complexity index is 1100. The van der Waals surface area contributed by atoms with Crippen LogP contribution in [0.2, 0.25) is 0 Å².